The highest BCUT2D eigenvalue weighted by atomic mass is 16.2. The van der Waals surface area contributed by atoms with Gasteiger partial charge in [0.1, 0.15) is 0 Å². The van der Waals surface area contributed by atoms with Crippen LogP contribution in [0.1, 0.15) is 19.8 Å². The molecular formula is C15H23N3O. The Labute approximate surface area is 115 Å². The molecule has 4 nitrogen and oxygen atoms in total. The average Bonchev–Trinajstić information content (AvgIpc) is 2.43. The highest BCUT2D eigenvalue weighted by molar-refractivity contribution is 5.92. The van der Waals surface area contributed by atoms with Gasteiger partial charge in [0.05, 0.1) is 6.54 Å². The number of nitrogens with one attached hydrogen (secondary N) is 1. The van der Waals surface area contributed by atoms with Gasteiger partial charge in [0.2, 0.25) is 5.91 Å². The largest absolute Gasteiger partial charge is 0.330 e. The molecule has 104 valence electrons. The van der Waals surface area contributed by atoms with E-state index in [4.69, 9.17) is 5.73 Å². The van der Waals surface area contributed by atoms with E-state index in [-0.39, 0.29) is 11.3 Å². The van der Waals surface area contributed by atoms with Gasteiger partial charge in [-0.05, 0) is 50.0 Å². The quantitative estimate of drug-likeness (QED) is 0.867. The maximum atomic E-state index is 11.9. The third-order valence-corrected chi connectivity index (χ3v) is 3.98. The molecule has 1 aromatic carbocycles. The van der Waals surface area contributed by atoms with Crippen LogP contribution in [0.25, 0.3) is 0 Å². The molecular weight excluding hydrogens is 238 g/mol. The standard InChI is InChI=1S/C15H23N3O/c1-15(12-16)7-9-18(10-8-15)11-14(19)17-13-5-3-2-4-6-13/h2-6H,7-12,16H2,1H3,(H,17,19). The molecule has 1 fully saturated rings. The van der Waals surface area contributed by atoms with Crippen LogP contribution in [0.2, 0.25) is 0 Å². The Morgan fingerprint density at radius 2 is 1.95 bits per heavy atom. The van der Waals surface area contributed by atoms with Gasteiger partial charge in [-0.1, -0.05) is 25.1 Å². The van der Waals surface area contributed by atoms with Crippen LogP contribution in [0.3, 0.4) is 0 Å². The van der Waals surface area contributed by atoms with Gasteiger partial charge in [-0.15, -0.1) is 0 Å². The van der Waals surface area contributed by atoms with Gasteiger partial charge < -0.3 is 11.1 Å². The minimum atomic E-state index is 0.0579. The molecule has 1 heterocycles. The second-order valence-corrected chi connectivity index (χ2v) is 5.71. The molecule has 0 unspecified atom stereocenters. The van der Waals surface area contributed by atoms with Gasteiger partial charge in [0, 0.05) is 5.69 Å². The number of anilines is 1. The fraction of sp³-hybridized carbons (Fsp3) is 0.533. The summed E-state index contributed by atoms with van der Waals surface area (Å²) in [5, 5.41) is 2.92. The van der Waals surface area contributed by atoms with Crippen LogP contribution in [0.5, 0.6) is 0 Å². The SMILES string of the molecule is CC1(CN)CCN(CC(=O)Nc2ccccc2)CC1. The summed E-state index contributed by atoms with van der Waals surface area (Å²) in [6.45, 7) is 5.34. The van der Waals surface area contributed by atoms with Crippen molar-refractivity contribution >= 4 is 11.6 Å². The van der Waals surface area contributed by atoms with E-state index in [1.54, 1.807) is 0 Å². The lowest BCUT2D eigenvalue weighted by atomic mass is 9.80. The summed E-state index contributed by atoms with van der Waals surface area (Å²) in [7, 11) is 0. The van der Waals surface area contributed by atoms with Crippen LogP contribution in [0.4, 0.5) is 5.69 Å². The average molecular weight is 261 g/mol. The Bertz CT molecular complexity index is 411. The summed E-state index contributed by atoms with van der Waals surface area (Å²) in [6.07, 6.45) is 2.14. The third-order valence-electron chi connectivity index (χ3n) is 3.98. The van der Waals surface area contributed by atoms with Crippen molar-refractivity contribution in [1.29, 1.82) is 0 Å². The molecule has 3 N–H and O–H groups in total. The molecule has 4 heteroatoms. The molecule has 0 atom stereocenters. The lowest BCUT2D eigenvalue weighted by Crippen LogP contribution is -2.44. The van der Waals surface area contributed by atoms with E-state index in [2.05, 4.69) is 17.1 Å². The summed E-state index contributed by atoms with van der Waals surface area (Å²) in [5.74, 6) is 0.0579. The zero-order chi connectivity index (χ0) is 13.7. The molecule has 1 aliphatic heterocycles. The third kappa shape index (κ3) is 4.04. The molecule has 0 aromatic heterocycles. The summed E-state index contributed by atoms with van der Waals surface area (Å²) in [6, 6.07) is 9.58. The van der Waals surface area contributed by atoms with Crippen LogP contribution < -0.4 is 11.1 Å². The van der Waals surface area contributed by atoms with Crippen molar-refractivity contribution in [3.05, 3.63) is 30.3 Å². The van der Waals surface area contributed by atoms with Crippen molar-refractivity contribution in [2.24, 2.45) is 11.1 Å². The Balaban J connectivity index is 1.78. The van der Waals surface area contributed by atoms with E-state index >= 15 is 0 Å². The first-order valence-corrected chi connectivity index (χ1v) is 6.89. The van der Waals surface area contributed by atoms with E-state index in [0.717, 1.165) is 38.2 Å². The summed E-state index contributed by atoms with van der Waals surface area (Å²) >= 11 is 0. The maximum Gasteiger partial charge on any atom is 0.238 e. The van der Waals surface area contributed by atoms with Crippen LogP contribution in [0, 0.1) is 5.41 Å². The first kappa shape index (κ1) is 14.0. The Kier molecular flexibility index (Phi) is 4.56. The molecule has 0 bridgehead atoms. The first-order valence-electron chi connectivity index (χ1n) is 6.89. The van der Waals surface area contributed by atoms with Gasteiger partial charge >= 0.3 is 0 Å². The van der Waals surface area contributed by atoms with Gasteiger partial charge in [0.15, 0.2) is 0 Å². The predicted octanol–water partition coefficient (Wildman–Crippen LogP) is 1.69. The Morgan fingerprint density at radius 3 is 2.53 bits per heavy atom. The summed E-state index contributed by atoms with van der Waals surface area (Å²) < 4.78 is 0. The van der Waals surface area contributed by atoms with Gasteiger partial charge in [-0.3, -0.25) is 9.69 Å². The molecule has 1 saturated heterocycles. The number of amides is 1. The molecule has 0 spiro atoms. The molecule has 19 heavy (non-hydrogen) atoms. The number of nitrogens with two attached hydrogens (primary N) is 1. The molecule has 0 radical (unpaired) electrons. The Morgan fingerprint density at radius 1 is 1.32 bits per heavy atom. The fourth-order valence-corrected chi connectivity index (χ4v) is 2.38. The van der Waals surface area contributed by atoms with E-state index in [9.17, 15) is 4.79 Å². The minimum Gasteiger partial charge on any atom is -0.330 e. The molecule has 0 saturated carbocycles. The molecule has 1 aromatic rings. The lowest BCUT2D eigenvalue weighted by Gasteiger charge is -2.38. The monoisotopic (exact) mass is 261 g/mol. The zero-order valence-corrected chi connectivity index (χ0v) is 11.6. The van der Waals surface area contributed by atoms with Crippen LogP contribution in [0.15, 0.2) is 30.3 Å². The van der Waals surface area contributed by atoms with Gasteiger partial charge in [-0.25, -0.2) is 0 Å². The Hall–Kier alpha value is -1.39. The van der Waals surface area contributed by atoms with Gasteiger partial charge in [0.25, 0.3) is 0 Å². The van der Waals surface area contributed by atoms with Gasteiger partial charge in [-0.2, -0.15) is 0 Å². The minimum absolute atomic E-state index is 0.0579. The number of likely N-dealkylation sites (tertiary alicyclic amines) is 1. The normalized spacial score (nSPS) is 19.1. The van der Waals surface area contributed by atoms with Crippen molar-refractivity contribution < 1.29 is 4.79 Å². The number of hydrogen-bond acceptors (Lipinski definition) is 3. The van der Waals surface area contributed by atoms with Crippen molar-refractivity contribution in [2.45, 2.75) is 19.8 Å². The maximum absolute atomic E-state index is 11.9. The van der Waals surface area contributed by atoms with E-state index < -0.39 is 0 Å². The first-order chi connectivity index (χ1) is 9.11. The topological polar surface area (TPSA) is 58.4 Å². The number of nitrogens with zero attached hydrogens (tertiary/aromatic N) is 1. The highest BCUT2D eigenvalue weighted by Crippen LogP contribution is 2.29. The second-order valence-electron chi connectivity index (χ2n) is 5.71. The van der Waals surface area contributed by atoms with Crippen LogP contribution in [-0.2, 0) is 4.79 Å². The smallest absolute Gasteiger partial charge is 0.238 e. The number of carbonyl (C=O) groups is 1. The lowest BCUT2D eigenvalue weighted by molar-refractivity contribution is -0.117. The number of para-hydroxylation sites is 1. The number of carbonyl (C=O) groups excluding carboxylic acids is 1. The summed E-state index contributed by atoms with van der Waals surface area (Å²) in [4.78, 5) is 14.1. The van der Waals surface area contributed by atoms with Crippen molar-refractivity contribution in [3.8, 4) is 0 Å². The highest BCUT2D eigenvalue weighted by Gasteiger charge is 2.29. The second kappa shape index (κ2) is 6.17. The van der Waals surface area contributed by atoms with E-state index in [0.29, 0.717) is 6.54 Å². The number of piperidine rings is 1. The number of hydrogen-bond donors (Lipinski definition) is 2. The van der Waals surface area contributed by atoms with Crippen LogP contribution >= 0.6 is 0 Å². The van der Waals surface area contributed by atoms with Crippen LogP contribution in [-0.4, -0.2) is 37.0 Å². The van der Waals surface area contributed by atoms with Crippen molar-refractivity contribution in [3.63, 3.8) is 0 Å². The molecule has 2 rings (SSSR count). The molecule has 1 aliphatic rings. The predicted molar refractivity (Wildman–Crippen MR) is 77.9 cm³/mol. The van der Waals surface area contributed by atoms with Crippen molar-refractivity contribution in [2.75, 3.05) is 31.5 Å². The van der Waals surface area contributed by atoms with E-state index in [1.807, 2.05) is 30.3 Å². The zero-order valence-electron chi connectivity index (χ0n) is 11.6. The number of benzene rings is 1. The van der Waals surface area contributed by atoms with Crippen molar-refractivity contribution in [1.82, 2.24) is 4.90 Å². The molecule has 1 amide bonds. The fourth-order valence-electron chi connectivity index (χ4n) is 2.38. The number of rotatable bonds is 4. The van der Waals surface area contributed by atoms with E-state index in [1.165, 1.54) is 0 Å². The molecule has 0 aliphatic carbocycles. The summed E-state index contributed by atoms with van der Waals surface area (Å²) in [5.41, 5.74) is 6.90.